The Bertz CT molecular complexity index is 1500. The SMILES string of the molecule is CCc1ncc(-c2nc3ccc(N4CCOCC4)cn3n2)c2cc(C3(C(N)=O)CC34CC4)ncc12. The lowest BCUT2D eigenvalue weighted by atomic mass is 9.93. The zero-order valence-corrected chi connectivity index (χ0v) is 19.7. The summed E-state index contributed by atoms with van der Waals surface area (Å²) in [5.74, 6) is 0.334. The van der Waals surface area contributed by atoms with Crippen molar-refractivity contribution in [2.45, 2.75) is 38.0 Å². The number of primary amides is 1. The number of pyridine rings is 3. The second kappa shape index (κ2) is 7.21. The van der Waals surface area contributed by atoms with Crippen LogP contribution in [0.2, 0.25) is 0 Å². The highest BCUT2D eigenvalue weighted by Gasteiger charge is 2.78. The Hall–Kier alpha value is -3.59. The van der Waals surface area contributed by atoms with E-state index in [1.54, 1.807) is 0 Å². The first-order valence-corrected chi connectivity index (χ1v) is 12.3. The van der Waals surface area contributed by atoms with E-state index in [2.05, 4.69) is 17.9 Å². The third-order valence-corrected chi connectivity index (χ3v) is 8.22. The minimum Gasteiger partial charge on any atom is -0.378 e. The van der Waals surface area contributed by atoms with Gasteiger partial charge in [-0.05, 0) is 54.7 Å². The molecule has 3 fully saturated rings. The highest BCUT2D eigenvalue weighted by Crippen LogP contribution is 2.78. The zero-order chi connectivity index (χ0) is 23.8. The molecule has 4 aromatic heterocycles. The van der Waals surface area contributed by atoms with Gasteiger partial charge in [-0.3, -0.25) is 14.8 Å². The number of hydrogen-bond acceptors (Lipinski definition) is 7. The fourth-order valence-corrected chi connectivity index (χ4v) is 5.93. The quantitative estimate of drug-likeness (QED) is 0.478. The van der Waals surface area contributed by atoms with Crippen molar-refractivity contribution in [1.29, 1.82) is 0 Å². The number of anilines is 1. The zero-order valence-electron chi connectivity index (χ0n) is 19.7. The summed E-state index contributed by atoms with van der Waals surface area (Å²) in [6.45, 7) is 5.26. The summed E-state index contributed by atoms with van der Waals surface area (Å²) in [5, 5.41) is 6.75. The summed E-state index contributed by atoms with van der Waals surface area (Å²) in [6.07, 6.45) is 9.38. The molecule has 0 aromatic carbocycles. The number of nitrogens with two attached hydrogens (primary N) is 1. The van der Waals surface area contributed by atoms with E-state index in [1.165, 1.54) is 0 Å². The summed E-state index contributed by atoms with van der Waals surface area (Å²) < 4.78 is 7.31. The molecule has 1 amide bonds. The minimum atomic E-state index is -0.645. The lowest BCUT2D eigenvalue weighted by Crippen LogP contribution is -2.36. The van der Waals surface area contributed by atoms with Gasteiger partial charge < -0.3 is 15.4 Å². The predicted octanol–water partition coefficient (Wildman–Crippen LogP) is 2.65. The molecule has 4 aromatic rings. The van der Waals surface area contributed by atoms with Crippen molar-refractivity contribution in [2.24, 2.45) is 11.1 Å². The number of aryl methyl sites for hydroxylation is 1. The van der Waals surface area contributed by atoms with Gasteiger partial charge in [0.25, 0.3) is 0 Å². The number of carbonyl (C=O) groups is 1. The van der Waals surface area contributed by atoms with Gasteiger partial charge in [-0.2, -0.15) is 0 Å². The van der Waals surface area contributed by atoms with Crippen molar-refractivity contribution >= 4 is 28.0 Å². The number of fused-ring (bicyclic) bond motifs is 2. The van der Waals surface area contributed by atoms with Crippen LogP contribution in [0.4, 0.5) is 5.69 Å². The first-order valence-electron chi connectivity index (χ1n) is 12.3. The maximum Gasteiger partial charge on any atom is 0.230 e. The number of ether oxygens (including phenoxy) is 1. The van der Waals surface area contributed by atoms with Crippen LogP contribution in [0.15, 0.2) is 36.8 Å². The van der Waals surface area contributed by atoms with Gasteiger partial charge in [0, 0.05) is 42.1 Å². The molecule has 9 nitrogen and oxygen atoms in total. The second-order valence-electron chi connectivity index (χ2n) is 10.0. The standard InChI is InChI=1S/C26H27N7O2/c1-2-20-18-12-29-21(26(24(27)34)15-25(26)5-6-25)11-17(18)19(13-28-20)23-30-22-4-3-16(14-33(22)31-23)32-7-9-35-10-8-32/h3-4,11-14H,2,5-10,15H2,1H3,(H2,27,34). The van der Waals surface area contributed by atoms with Crippen LogP contribution in [0.1, 0.15) is 37.6 Å². The monoisotopic (exact) mass is 469 g/mol. The van der Waals surface area contributed by atoms with E-state index >= 15 is 0 Å². The fraction of sp³-hybridized carbons (Fsp3) is 0.423. The molecule has 2 saturated carbocycles. The molecule has 2 aliphatic carbocycles. The number of morpholine rings is 1. The van der Waals surface area contributed by atoms with E-state index in [0.717, 1.165) is 91.0 Å². The highest BCUT2D eigenvalue weighted by molar-refractivity contribution is 5.98. The van der Waals surface area contributed by atoms with Crippen molar-refractivity contribution in [1.82, 2.24) is 24.6 Å². The second-order valence-corrected chi connectivity index (χ2v) is 10.0. The molecule has 1 atom stereocenters. The van der Waals surface area contributed by atoms with Crippen molar-refractivity contribution in [2.75, 3.05) is 31.2 Å². The van der Waals surface area contributed by atoms with Crippen LogP contribution >= 0.6 is 0 Å². The molecular formula is C26H27N7O2. The van der Waals surface area contributed by atoms with Gasteiger partial charge >= 0.3 is 0 Å². The predicted molar refractivity (Wildman–Crippen MR) is 131 cm³/mol. The highest BCUT2D eigenvalue weighted by atomic mass is 16.5. The topological polar surface area (TPSA) is 112 Å². The molecule has 9 heteroatoms. The lowest BCUT2D eigenvalue weighted by molar-refractivity contribution is -0.121. The van der Waals surface area contributed by atoms with Crippen LogP contribution < -0.4 is 10.6 Å². The number of carbonyl (C=O) groups excluding carboxylic acids is 1. The molecule has 1 spiro atoms. The van der Waals surface area contributed by atoms with E-state index in [9.17, 15) is 4.79 Å². The Morgan fingerprint density at radius 1 is 1.14 bits per heavy atom. The van der Waals surface area contributed by atoms with Crippen LogP contribution in [0.5, 0.6) is 0 Å². The molecule has 1 aliphatic heterocycles. The maximum atomic E-state index is 12.6. The summed E-state index contributed by atoms with van der Waals surface area (Å²) in [7, 11) is 0. The van der Waals surface area contributed by atoms with E-state index in [4.69, 9.17) is 30.5 Å². The molecule has 7 rings (SSSR count). The average Bonchev–Trinajstić information content (AvgIpc) is 3.77. The summed E-state index contributed by atoms with van der Waals surface area (Å²) in [5.41, 5.74) is 9.74. The average molecular weight is 470 g/mol. The van der Waals surface area contributed by atoms with Crippen molar-refractivity contribution in [3.05, 3.63) is 48.2 Å². The summed E-state index contributed by atoms with van der Waals surface area (Å²) in [6, 6.07) is 6.11. The molecule has 5 heterocycles. The molecule has 1 unspecified atom stereocenters. The van der Waals surface area contributed by atoms with Crippen LogP contribution in [0.3, 0.4) is 0 Å². The Morgan fingerprint density at radius 3 is 2.69 bits per heavy atom. The molecule has 0 radical (unpaired) electrons. The largest absolute Gasteiger partial charge is 0.378 e. The summed E-state index contributed by atoms with van der Waals surface area (Å²) >= 11 is 0. The molecule has 0 bridgehead atoms. The first-order chi connectivity index (χ1) is 17.0. The summed E-state index contributed by atoms with van der Waals surface area (Å²) in [4.78, 5) is 29.1. The van der Waals surface area contributed by atoms with E-state index < -0.39 is 5.41 Å². The normalized spacial score (nSPS) is 22.7. The number of rotatable bonds is 5. The Morgan fingerprint density at radius 2 is 1.97 bits per heavy atom. The number of amides is 1. The van der Waals surface area contributed by atoms with Crippen LogP contribution in [0, 0.1) is 5.41 Å². The van der Waals surface area contributed by atoms with Gasteiger partial charge in [0.05, 0.1) is 36.2 Å². The van der Waals surface area contributed by atoms with Gasteiger partial charge in [-0.15, -0.1) is 5.10 Å². The molecular weight excluding hydrogens is 442 g/mol. The molecule has 2 N–H and O–H groups in total. The van der Waals surface area contributed by atoms with Gasteiger partial charge in [0.2, 0.25) is 5.91 Å². The van der Waals surface area contributed by atoms with Crippen LogP contribution in [-0.4, -0.2) is 56.8 Å². The molecule has 3 aliphatic rings. The molecule has 35 heavy (non-hydrogen) atoms. The Balaban J connectivity index is 1.36. The van der Waals surface area contributed by atoms with Gasteiger partial charge in [0.1, 0.15) is 0 Å². The van der Waals surface area contributed by atoms with E-state index in [1.807, 2.05) is 35.2 Å². The maximum absolute atomic E-state index is 12.6. The molecule has 178 valence electrons. The number of nitrogens with zero attached hydrogens (tertiary/aromatic N) is 6. The van der Waals surface area contributed by atoms with Crippen molar-refractivity contribution in [3.8, 4) is 11.4 Å². The van der Waals surface area contributed by atoms with E-state index in [0.29, 0.717) is 5.82 Å². The van der Waals surface area contributed by atoms with Crippen molar-refractivity contribution < 1.29 is 9.53 Å². The number of hydrogen-bond donors (Lipinski definition) is 1. The van der Waals surface area contributed by atoms with Crippen LogP contribution in [-0.2, 0) is 21.4 Å². The molecule has 1 saturated heterocycles. The minimum absolute atomic E-state index is 0.0253. The van der Waals surface area contributed by atoms with Gasteiger partial charge in [-0.1, -0.05) is 6.92 Å². The van der Waals surface area contributed by atoms with E-state index in [-0.39, 0.29) is 11.3 Å². The third-order valence-electron chi connectivity index (χ3n) is 8.22. The van der Waals surface area contributed by atoms with Crippen LogP contribution in [0.25, 0.3) is 27.8 Å². The fourth-order valence-electron chi connectivity index (χ4n) is 5.93. The Labute approximate surface area is 202 Å². The van der Waals surface area contributed by atoms with Crippen molar-refractivity contribution in [3.63, 3.8) is 0 Å². The van der Waals surface area contributed by atoms with Gasteiger partial charge in [-0.25, -0.2) is 9.50 Å². The Kier molecular flexibility index (Phi) is 4.27. The lowest BCUT2D eigenvalue weighted by Gasteiger charge is -2.28. The smallest absolute Gasteiger partial charge is 0.230 e. The van der Waals surface area contributed by atoms with Gasteiger partial charge in [0.15, 0.2) is 11.5 Å². The first kappa shape index (κ1) is 20.8. The number of aromatic nitrogens is 5. The third kappa shape index (κ3) is 2.94.